The lowest BCUT2D eigenvalue weighted by atomic mass is 10.1. The molecule has 3 heterocycles. The second-order valence-electron chi connectivity index (χ2n) is 6.30. The third-order valence-electron chi connectivity index (χ3n) is 4.66. The fourth-order valence-corrected chi connectivity index (χ4v) is 5.47. The van der Waals surface area contributed by atoms with E-state index < -0.39 is 10.2 Å². The maximum Gasteiger partial charge on any atom is 0.282 e. The molecule has 2 atom stereocenters. The fourth-order valence-electron chi connectivity index (χ4n) is 3.57. The lowest BCUT2D eigenvalue weighted by molar-refractivity contribution is 0.0249. The molecule has 2 fully saturated rings. The van der Waals surface area contributed by atoms with Gasteiger partial charge in [0.25, 0.3) is 10.2 Å². The van der Waals surface area contributed by atoms with Gasteiger partial charge in [-0.2, -0.15) is 17.0 Å². The number of rotatable bonds is 5. The van der Waals surface area contributed by atoms with Crippen molar-refractivity contribution in [2.24, 2.45) is 0 Å². The number of furan rings is 1. The summed E-state index contributed by atoms with van der Waals surface area (Å²) in [6, 6.07) is 3.61. The van der Waals surface area contributed by atoms with Crippen molar-refractivity contribution >= 4 is 10.2 Å². The van der Waals surface area contributed by atoms with E-state index in [4.69, 9.17) is 9.15 Å². The van der Waals surface area contributed by atoms with Gasteiger partial charge in [0.15, 0.2) is 0 Å². The van der Waals surface area contributed by atoms with Crippen LogP contribution in [0.2, 0.25) is 0 Å². The first-order valence-electron chi connectivity index (χ1n) is 8.47. The van der Waals surface area contributed by atoms with Gasteiger partial charge >= 0.3 is 0 Å². The van der Waals surface area contributed by atoms with Gasteiger partial charge in [0.1, 0.15) is 11.5 Å². The molecule has 0 bridgehead atoms. The van der Waals surface area contributed by atoms with Crippen LogP contribution in [0.15, 0.2) is 16.5 Å². The molecule has 0 amide bonds. The summed E-state index contributed by atoms with van der Waals surface area (Å²) >= 11 is 0. The molecule has 7 heteroatoms. The van der Waals surface area contributed by atoms with Crippen LogP contribution in [-0.2, 0) is 14.9 Å². The zero-order valence-electron chi connectivity index (χ0n) is 13.9. The van der Waals surface area contributed by atoms with Crippen LogP contribution in [0, 0.1) is 6.92 Å². The highest BCUT2D eigenvalue weighted by molar-refractivity contribution is 7.86. The maximum absolute atomic E-state index is 13.1. The Balaban J connectivity index is 1.78. The lowest BCUT2D eigenvalue weighted by Crippen LogP contribution is -2.49. The van der Waals surface area contributed by atoms with Gasteiger partial charge in [0.05, 0.1) is 12.1 Å². The molecule has 0 saturated carbocycles. The predicted octanol–water partition coefficient (Wildman–Crippen LogP) is 2.47. The zero-order chi connectivity index (χ0) is 16.4. The van der Waals surface area contributed by atoms with Gasteiger partial charge in [-0.3, -0.25) is 0 Å². The Labute approximate surface area is 138 Å². The summed E-state index contributed by atoms with van der Waals surface area (Å²) in [5, 5.41) is 0. The molecule has 3 rings (SSSR count). The van der Waals surface area contributed by atoms with Crippen LogP contribution in [0.3, 0.4) is 0 Å². The van der Waals surface area contributed by atoms with E-state index in [0.29, 0.717) is 26.2 Å². The van der Waals surface area contributed by atoms with Gasteiger partial charge < -0.3 is 9.15 Å². The van der Waals surface area contributed by atoms with Crippen LogP contribution in [-0.4, -0.2) is 49.4 Å². The first-order valence-corrected chi connectivity index (χ1v) is 9.87. The summed E-state index contributed by atoms with van der Waals surface area (Å²) in [5.74, 6) is 1.57. The predicted molar refractivity (Wildman–Crippen MR) is 87.3 cm³/mol. The van der Waals surface area contributed by atoms with E-state index in [1.807, 2.05) is 26.0 Å². The molecule has 1 aromatic heterocycles. The minimum absolute atomic E-state index is 0.00966. The van der Waals surface area contributed by atoms with Gasteiger partial charge in [-0.25, -0.2) is 0 Å². The van der Waals surface area contributed by atoms with Crippen LogP contribution < -0.4 is 0 Å². The van der Waals surface area contributed by atoms with E-state index >= 15 is 0 Å². The SMILES string of the molecule is CCOC1CCCN(S(=O)(=O)N2CCCC2c2ccc(C)o2)C1. The van der Waals surface area contributed by atoms with Crippen molar-refractivity contribution in [3.63, 3.8) is 0 Å². The smallest absolute Gasteiger partial charge is 0.282 e. The van der Waals surface area contributed by atoms with Gasteiger partial charge in [0.2, 0.25) is 0 Å². The summed E-state index contributed by atoms with van der Waals surface area (Å²) in [4.78, 5) is 0. The van der Waals surface area contributed by atoms with E-state index in [9.17, 15) is 8.42 Å². The third-order valence-corrected chi connectivity index (χ3v) is 6.67. The maximum atomic E-state index is 13.1. The Morgan fingerprint density at radius 2 is 2.04 bits per heavy atom. The van der Waals surface area contributed by atoms with Gasteiger partial charge in [-0.15, -0.1) is 0 Å². The molecule has 0 spiro atoms. The number of hydrogen-bond acceptors (Lipinski definition) is 4. The Hall–Kier alpha value is -0.890. The Bertz CT molecular complexity index is 626. The quantitative estimate of drug-likeness (QED) is 0.825. The molecule has 2 saturated heterocycles. The molecule has 130 valence electrons. The van der Waals surface area contributed by atoms with Crippen molar-refractivity contribution in [3.8, 4) is 0 Å². The van der Waals surface area contributed by atoms with Crippen molar-refractivity contribution in [1.82, 2.24) is 8.61 Å². The van der Waals surface area contributed by atoms with E-state index in [-0.39, 0.29) is 12.1 Å². The highest BCUT2D eigenvalue weighted by Gasteiger charge is 2.41. The van der Waals surface area contributed by atoms with Crippen LogP contribution in [0.5, 0.6) is 0 Å². The molecule has 2 aliphatic rings. The fraction of sp³-hybridized carbons (Fsp3) is 0.750. The van der Waals surface area contributed by atoms with Crippen molar-refractivity contribution in [1.29, 1.82) is 0 Å². The van der Waals surface area contributed by atoms with E-state index in [0.717, 1.165) is 37.2 Å². The Morgan fingerprint density at radius 1 is 1.26 bits per heavy atom. The first-order chi connectivity index (χ1) is 11.0. The van der Waals surface area contributed by atoms with Gasteiger partial charge in [-0.1, -0.05) is 0 Å². The van der Waals surface area contributed by atoms with E-state index in [2.05, 4.69) is 0 Å². The molecule has 2 unspecified atom stereocenters. The number of ether oxygens (including phenoxy) is 1. The Morgan fingerprint density at radius 3 is 2.74 bits per heavy atom. The number of hydrogen-bond donors (Lipinski definition) is 0. The summed E-state index contributed by atoms with van der Waals surface area (Å²) in [6.07, 6.45) is 3.47. The standard InChI is InChI=1S/C16H26N2O4S/c1-3-21-14-6-4-10-17(12-14)23(19,20)18-11-5-7-15(18)16-9-8-13(2)22-16/h8-9,14-15H,3-7,10-12H2,1-2H3. The molecule has 6 nitrogen and oxygen atoms in total. The normalized spacial score (nSPS) is 27.6. The number of piperidine rings is 1. The summed E-state index contributed by atoms with van der Waals surface area (Å²) in [6.45, 7) is 6.04. The minimum atomic E-state index is -3.47. The molecular weight excluding hydrogens is 316 g/mol. The van der Waals surface area contributed by atoms with Crippen molar-refractivity contribution in [2.45, 2.75) is 51.7 Å². The molecular formula is C16H26N2O4S. The Kier molecular flexibility index (Phi) is 5.10. The van der Waals surface area contributed by atoms with Crippen molar-refractivity contribution in [3.05, 3.63) is 23.7 Å². The van der Waals surface area contributed by atoms with Crippen LogP contribution in [0.1, 0.15) is 50.2 Å². The molecule has 0 N–H and O–H groups in total. The van der Waals surface area contributed by atoms with Crippen molar-refractivity contribution in [2.75, 3.05) is 26.2 Å². The monoisotopic (exact) mass is 342 g/mol. The number of aryl methyl sites for hydroxylation is 1. The third kappa shape index (κ3) is 3.47. The molecule has 1 aromatic rings. The van der Waals surface area contributed by atoms with Crippen LogP contribution in [0.25, 0.3) is 0 Å². The van der Waals surface area contributed by atoms with E-state index in [1.54, 1.807) is 8.61 Å². The van der Waals surface area contributed by atoms with E-state index in [1.165, 1.54) is 0 Å². The number of nitrogens with zero attached hydrogens (tertiary/aromatic N) is 2. The molecule has 2 aliphatic heterocycles. The minimum Gasteiger partial charge on any atom is -0.465 e. The second kappa shape index (κ2) is 6.93. The molecule has 23 heavy (non-hydrogen) atoms. The average Bonchev–Trinajstić information content (AvgIpc) is 3.16. The average molecular weight is 342 g/mol. The van der Waals surface area contributed by atoms with Gasteiger partial charge in [-0.05, 0) is 51.7 Å². The zero-order valence-corrected chi connectivity index (χ0v) is 14.7. The lowest BCUT2D eigenvalue weighted by Gasteiger charge is -2.35. The van der Waals surface area contributed by atoms with Crippen molar-refractivity contribution < 1.29 is 17.6 Å². The largest absolute Gasteiger partial charge is 0.465 e. The molecule has 0 aliphatic carbocycles. The van der Waals surface area contributed by atoms with Crippen LogP contribution in [0.4, 0.5) is 0 Å². The summed E-state index contributed by atoms with van der Waals surface area (Å²) in [7, 11) is -3.47. The van der Waals surface area contributed by atoms with Gasteiger partial charge in [0, 0.05) is 26.2 Å². The van der Waals surface area contributed by atoms with Crippen LogP contribution >= 0.6 is 0 Å². The molecule has 0 radical (unpaired) electrons. The summed E-state index contributed by atoms with van der Waals surface area (Å²) < 4.78 is 40.7. The first kappa shape index (κ1) is 17.0. The highest BCUT2D eigenvalue weighted by Crippen LogP contribution is 2.36. The second-order valence-corrected chi connectivity index (χ2v) is 8.18. The highest BCUT2D eigenvalue weighted by atomic mass is 32.2. The topological polar surface area (TPSA) is 63.0 Å². The molecule has 0 aromatic carbocycles. The summed E-state index contributed by atoms with van der Waals surface area (Å²) in [5.41, 5.74) is 0.